The largest absolute Gasteiger partial charge is 0.469 e. The molecule has 4 heteroatoms. The third-order valence-corrected chi connectivity index (χ3v) is 4.19. The lowest BCUT2D eigenvalue weighted by Gasteiger charge is -2.20. The van der Waals surface area contributed by atoms with Gasteiger partial charge in [0, 0.05) is 18.4 Å². The first-order valence-corrected chi connectivity index (χ1v) is 9.08. The van der Waals surface area contributed by atoms with Gasteiger partial charge in [0.2, 0.25) is 0 Å². The van der Waals surface area contributed by atoms with Crippen LogP contribution >= 0.6 is 0 Å². The molecule has 0 saturated heterocycles. The zero-order valence-corrected chi connectivity index (χ0v) is 15.4. The van der Waals surface area contributed by atoms with E-state index in [1.165, 1.54) is 26.0 Å². The minimum Gasteiger partial charge on any atom is -0.469 e. The number of aliphatic hydroxyl groups is 1. The molecule has 1 aliphatic carbocycles. The van der Waals surface area contributed by atoms with Gasteiger partial charge in [0.1, 0.15) is 5.60 Å². The molecule has 0 aromatic heterocycles. The van der Waals surface area contributed by atoms with Gasteiger partial charge in [-0.2, -0.15) is 0 Å². The van der Waals surface area contributed by atoms with Crippen molar-refractivity contribution in [3.63, 3.8) is 0 Å². The molecule has 1 aliphatic rings. The molecule has 0 radical (unpaired) electrons. The zero-order valence-electron chi connectivity index (χ0n) is 15.4. The minimum absolute atomic E-state index is 0.152. The highest BCUT2D eigenvalue weighted by molar-refractivity contribution is 6.09. The van der Waals surface area contributed by atoms with Crippen molar-refractivity contribution in [1.29, 1.82) is 0 Å². The average molecular weight is 346 g/mol. The van der Waals surface area contributed by atoms with Crippen LogP contribution < -0.4 is 0 Å². The Labute approximate surface area is 151 Å². The third-order valence-electron chi connectivity index (χ3n) is 4.19. The Hall–Kier alpha value is -1.94. The van der Waals surface area contributed by atoms with E-state index in [4.69, 9.17) is 0 Å². The Morgan fingerprint density at radius 3 is 2.68 bits per heavy atom. The van der Waals surface area contributed by atoms with E-state index in [0.717, 1.165) is 19.3 Å². The number of methoxy groups -OCH3 is 1. The summed E-state index contributed by atoms with van der Waals surface area (Å²) in [5, 5.41) is 10.7. The molecule has 0 aromatic carbocycles. The van der Waals surface area contributed by atoms with Gasteiger partial charge in [0.25, 0.3) is 0 Å². The van der Waals surface area contributed by atoms with Crippen molar-refractivity contribution in [2.45, 2.75) is 63.9 Å². The first kappa shape index (κ1) is 21.1. The smallest absolute Gasteiger partial charge is 0.305 e. The second-order valence-corrected chi connectivity index (χ2v) is 6.27. The molecule has 138 valence electrons. The van der Waals surface area contributed by atoms with Gasteiger partial charge in [-0.25, -0.2) is 0 Å². The van der Waals surface area contributed by atoms with Gasteiger partial charge in [-0.05, 0) is 37.8 Å². The van der Waals surface area contributed by atoms with Crippen LogP contribution in [-0.2, 0) is 14.3 Å². The molecule has 0 bridgehead atoms. The Morgan fingerprint density at radius 1 is 1.20 bits per heavy atom. The van der Waals surface area contributed by atoms with Gasteiger partial charge in [-0.3, -0.25) is 9.59 Å². The molecule has 1 N–H and O–H groups in total. The van der Waals surface area contributed by atoms with Crippen LogP contribution in [-0.4, -0.2) is 29.6 Å². The maximum absolute atomic E-state index is 12.0. The molecule has 0 aliphatic heterocycles. The van der Waals surface area contributed by atoms with E-state index >= 15 is 0 Å². The summed E-state index contributed by atoms with van der Waals surface area (Å²) in [6.45, 7) is 2.17. The second-order valence-electron chi connectivity index (χ2n) is 6.27. The molecule has 0 fully saturated rings. The van der Waals surface area contributed by atoms with E-state index in [-0.39, 0.29) is 11.8 Å². The van der Waals surface area contributed by atoms with Crippen LogP contribution in [0.3, 0.4) is 0 Å². The normalized spacial score (nSPS) is 21.9. The van der Waals surface area contributed by atoms with Crippen LogP contribution in [0.1, 0.15) is 58.3 Å². The topological polar surface area (TPSA) is 63.6 Å². The molecule has 0 saturated carbocycles. The van der Waals surface area contributed by atoms with Crippen molar-refractivity contribution in [3.8, 4) is 0 Å². The summed E-state index contributed by atoms with van der Waals surface area (Å²) in [5.41, 5.74) is -0.816. The first-order chi connectivity index (χ1) is 12.0. The molecule has 1 atom stereocenters. The monoisotopic (exact) mass is 346 g/mol. The van der Waals surface area contributed by atoms with Gasteiger partial charge >= 0.3 is 5.97 Å². The van der Waals surface area contributed by atoms with Crippen LogP contribution in [0.25, 0.3) is 0 Å². The van der Waals surface area contributed by atoms with Crippen LogP contribution in [0.4, 0.5) is 0 Å². The molecule has 0 spiro atoms. The maximum Gasteiger partial charge on any atom is 0.305 e. The van der Waals surface area contributed by atoms with E-state index in [1.54, 1.807) is 18.2 Å². The summed E-state index contributed by atoms with van der Waals surface area (Å²) in [7, 11) is 1.38. The number of esters is 1. The van der Waals surface area contributed by atoms with E-state index < -0.39 is 5.60 Å². The van der Waals surface area contributed by atoms with E-state index in [0.29, 0.717) is 24.8 Å². The second kappa shape index (κ2) is 11.6. The summed E-state index contributed by atoms with van der Waals surface area (Å²) >= 11 is 0. The quantitative estimate of drug-likeness (QED) is 0.263. The van der Waals surface area contributed by atoms with E-state index in [1.807, 2.05) is 12.2 Å². The maximum atomic E-state index is 12.0. The molecular formula is C21H30O4. The highest BCUT2D eigenvalue weighted by Crippen LogP contribution is 2.30. The van der Waals surface area contributed by atoms with Crippen molar-refractivity contribution < 1.29 is 19.4 Å². The number of hydrogen-bond acceptors (Lipinski definition) is 4. The molecule has 0 heterocycles. The number of ether oxygens (including phenoxy) is 1. The van der Waals surface area contributed by atoms with Crippen molar-refractivity contribution in [1.82, 2.24) is 0 Å². The Balaban J connectivity index is 2.51. The predicted molar refractivity (Wildman–Crippen MR) is 100 cm³/mol. The summed E-state index contributed by atoms with van der Waals surface area (Å²) in [6, 6.07) is 0. The number of carbonyl (C=O) groups excluding carboxylic acids is 2. The summed E-state index contributed by atoms with van der Waals surface area (Å²) in [6.07, 6.45) is 19.1. The molecule has 1 unspecified atom stereocenters. The molecule has 0 amide bonds. The first-order valence-electron chi connectivity index (χ1n) is 9.08. The fourth-order valence-corrected chi connectivity index (χ4v) is 2.63. The van der Waals surface area contributed by atoms with E-state index in [2.05, 4.69) is 17.7 Å². The number of allylic oxidation sites excluding steroid dienone is 5. The van der Waals surface area contributed by atoms with Gasteiger partial charge < -0.3 is 9.84 Å². The highest BCUT2D eigenvalue weighted by Gasteiger charge is 2.35. The van der Waals surface area contributed by atoms with Crippen molar-refractivity contribution >= 4 is 11.8 Å². The van der Waals surface area contributed by atoms with Gasteiger partial charge in [-0.1, -0.05) is 50.1 Å². The lowest BCUT2D eigenvalue weighted by molar-refractivity contribution is -0.140. The van der Waals surface area contributed by atoms with Crippen LogP contribution in [0.5, 0.6) is 0 Å². The summed E-state index contributed by atoms with van der Waals surface area (Å²) < 4.78 is 4.58. The summed E-state index contributed by atoms with van der Waals surface area (Å²) in [4.78, 5) is 23.0. The fraction of sp³-hybridized carbons (Fsp3) is 0.524. The van der Waals surface area contributed by atoms with Gasteiger partial charge in [0.05, 0.1) is 7.11 Å². The lowest BCUT2D eigenvalue weighted by atomic mass is 9.92. The molecule has 0 aromatic rings. The number of rotatable bonds is 11. The van der Waals surface area contributed by atoms with Gasteiger partial charge in [-0.15, -0.1) is 0 Å². The SMILES string of the molecule is CCCCC/C=C\CC1(O)C=CC(=O)/C1=C/C=C\CCCC(=O)OC. The fourth-order valence-electron chi connectivity index (χ4n) is 2.63. The predicted octanol–water partition coefficient (Wildman–Crippen LogP) is 4.21. The number of carbonyl (C=O) groups is 2. The Bertz CT molecular complexity index is 554. The molecular weight excluding hydrogens is 316 g/mol. The van der Waals surface area contributed by atoms with Crippen molar-refractivity contribution in [3.05, 3.63) is 48.1 Å². The third kappa shape index (κ3) is 7.65. The average Bonchev–Trinajstić information content (AvgIpc) is 2.89. The zero-order chi connectivity index (χ0) is 18.5. The number of unbranched alkanes of at least 4 members (excludes halogenated alkanes) is 4. The summed E-state index contributed by atoms with van der Waals surface area (Å²) in [5.74, 6) is -0.372. The molecule has 4 nitrogen and oxygen atoms in total. The number of hydrogen-bond donors (Lipinski definition) is 1. The van der Waals surface area contributed by atoms with Gasteiger partial charge in [0.15, 0.2) is 5.78 Å². The van der Waals surface area contributed by atoms with Crippen molar-refractivity contribution in [2.75, 3.05) is 7.11 Å². The lowest BCUT2D eigenvalue weighted by Crippen LogP contribution is -2.27. The minimum atomic E-state index is -1.21. The van der Waals surface area contributed by atoms with Crippen LogP contribution in [0, 0.1) is 0 Å². The van der Waals surface area contributed by atoms with Crippen LogP contribution in [0.15, 0.2) is 48.1 Å². The standard InChI is InChI=1S/C21H30O4/c1-3-4-5-6-9-12-16-21(24)17-15-19(22)18(21)13-10-7-8-11-14-20(23)25-2/h7,9-10,12-13,15,17,24H,3-6,8,11,14,16H2,1-2H3/b10-7-,12-9-,18-13-. The number of ketones is 1. The Kier molecular flexibility index (Phi) is 9.78. The molecule has 25 heavy (non-hydrogen) atoms. The Morgan fingerprint density at radius 2 is 1.96 bits per heavy atom. The molecule has 1 rings (SSSR count). The van der Waals surface area contributed by atoms with Crippen LogP contribution in [0.2, 0.25) is 0 Å². The van der Waals surface area contributed by atoms with E-state index in [9.17, 15) is 14.7 Å². The highest BCUT2D eigenvalue weighted by atomic mass is 16.5. The van der Waals surface area contributed by atoms with Crippen molar-refractivity contribution in [2.24, 2.45) is 0 Å².